The van der Waals surface area contributed by atoms with Gasteiger partial charge in [-0.25, -0.2) is 18.1 Å². The highest BCUT2D eigenvalue weighted by Gasteiger charge is 2.41. The fourth-order valence-corrected chi connectivity index (χ4v) is 3.62. The number of nitrogens with zero attached hydrogens (tertiary/aromatic N) is 1. The minimum absolute atomic E-state index is 0.187. The van der Waals surface area contributed by atoms with Crippen LogP contribution < -0.4 is 10.5 Å². The van der Waals surface area contributed by atoms with Gasteiger partial charge in [-0.15, -0.1) is 0 Å². The van der Waals surface area contributed by atoms with E-state index in [9.17, 15) is 8.42 Å². The summed E-state index contributed by atoms with van der Waals surface area (Å²) in [5, 5.41) is 0. The van der Waals surface area contributed by atoms with Gasteiger partial charge in [-0.3, -0.25) is 0 Å². The number of pyridine rings is 1. The normalized spacial score (nSPS) is 19.8. The molecule has 0 aliphatic heterocycles. The monoisotopic (exact) mass is 281 g/mol. The van der Waals surface area contributed by atoms with Crippen LogP contribution in [0.2, 0.25) is 0 Å². The first-order valence-electron chi connectivity index (χ1n) is 6.77. The minimum atomic E-state index is -3.45. The van der Waals surface area contributed by atoms with Crippen molar-refractivity contribution in [3.8, 4) is 0 Å². The summed E-state index contributed by atoms with van der Waals surface area (Å²) in [5.74, 6) is 2.32. The van der Waals surface area contributed by atoms with Crippen molar-refractivity contribution in [2.75, 3.05) is 12.3 Å². The van der Waals surface area contributed by atoms with Gasteiger partial charge in [0.2, 0.25) is 10.0 Å². The van der Waals surface area contributed by atoms with E-state index in [1.54, 1.807) is 0 Å². The topological polar surface area (TPSA) is 85.1 Å². The second-order valence-corrected chi connectivity index (χ2v) is 7.38. The fourth-order valence-electron chi connectivity index (χ4n) is 2.61. The number of hydrogen-bond donors (Lipinski definition) is 2. The molecule has 0 aromatic carbocycles. The zero-order valence-electron chi connectivity index (χ0n) is 10.7. The van der Waals surface area contributed by atoms with Crippen LogP contribution in [-0.2, 0) is 10.0 Å². The summed E-state index contributed by atoms with van der Waals surface area (Å²) in [6, 6.07) is 3.00. The first-order valence-corrected chi connectivity index (χ1v) is 8.26. The summed E-state index contributed by atoms with van der Waals surface area (Å²) < 4.78 is 27.0. The van der Waals surface area contributed by atoms with Gasteiger partial charge in [-0.2, -0.15) is 0 Å². The molecule has 2 fully saturated rings. The van der Waals surface area contributed by atoms with Crippen LogP contribution in [0, 0.1) is 17.8 Å². The molecule has 0 amide bonds. The van der Waals surface area contributed by atoms with Gasteiger partial charge >= 0.3 is 0 Å². The molecule has 0 bridgehead atoms. The summed E-state index contributed by atoms with van der Waals surface area (Å²) >= 11 is 0. The Hall–Kier alpha value is -1.14. The molecule has 1 aromatic rings. The van der Waals surface area contributed by atoms with E-state index in [-0.39, 0.29) is 4.90 Å². The molecule has 2 saturated carbocycles. The van der Waals surface area contributed by atoms with Gasteiger partial charge in [-0.05, 0) is 55.6 Å². The van der Waals surface area contributed by atoms with E-state index < -0.39 is 10.0 Å². The van der Waals surface area contributed by atoms with Crippen molar-refractivity contribution in [2.45, 2.75) is 30.6 Å². The Morgan fingerprint density at radius 3 is 2.37 bits per heavy atom. The van der Waals surface area contributed by atoms with E-state index in [1.807, 2.05) is 0 Å². The Labute approximate surface area is 113 Å². The molecule has 0 spiro atoms. The molecule has 0 unspecified atom stereocenters. The summed E-state index contributed by atoms with van der Waals surface area (Å²) in [6.45, 7) is 0.558. The molecule has 3 N–H and O–H groups in total. The van der Waals surface area contributed by atoms with Crippen LogP contribution >= 0.6 is 0 Å². The molecule has 0 saturated heterocycles. The molecule has 5 nitrogen and oxygen atoms in total. The number of nitrogen functional groups attached to an aromatic ring is 1. The molecule has 1 aromatic heterocycles. The van der Waals surface area contributed by atoms with E-state index in [1.165, 1.54) is 44.0 Å². The number of rotatable bonds is 6. The predicted molar refractivity (Wildman–Crippen MR) is 72.8 cm³/mol. The Morgan fingerprint density at radius 2 is 1.89 bits per heavy atom. The van der Waals surface area contributed by atoms with Crippen molar-refractivity contribution < 1.29 is 8.42 Å². The van der Waals surface area contributed by atoms with Crippen LogP contribution in [0.1, 0.15) is 25.7 Å². The SMILES string of the molecule is Nc1ccc(S(=O)(=O)NCC(C2CC2)C2CC2)cn1. The zero-order chi connectivity index (χ0) is 13.5. The maximum atomic E-state index is 12.1. The summed E-state index contributed by atoms with van der Waals surface area (Å²) in [7, 11) is -3.45. The van der Waals surface area contributed by atoms with Crippen molar-refractivity contribution in [2.24, 2.45) is 17.8 Å². The lowest BCUT2D eigenvalue weighted by Gasteiger charge is -2.16. The maximum absolute atomic E-state index is 12.1. The fraction of sp³-hybridized carbons (Fsp3) is 0.615. The average Bonchev–Trinajstić information content (AvgIpc) is 3.24. The van der Waals surface area contributed by atoms with Crippen molar-refractivity contribution in [3.63, 3.8) is 0 Å². The van der Waals surface area contributed by atoms with Gasteiger partial charge in [0.1, 0.15) is 10.7 Å². The first kappa shape index (κ1) is 12.9. The van der Waals surface area contributed by atoms with Crippen LogP contribution in [0.4, 0.5) is 5.82 Å². The van der Waals surface area contributed by atoms with Crippen LogP contribution in [0.15, 0.2) is 23.2 Å². The zero-order valence-corrected chi connectivity index (χ0v) is 11.6. The van der Waals surface area contributed by atoms with E-state index >= 15 is 0 Å². The largest absolute Gasteiger partial charge is 0.384 e. The van der Waals surface area contributed by atoms with Crippen LogP contribution in [0.3, 0.4) is 0 Å². The first-order chi connectivity index (χ1) is 9.06. The molecule has 1 heterocycles. The molecule has 3 rings (SSSR count). The molecular weight excluding hydrogens is 262 g/mol. The van der Waals surface area contributed by atoms with Gasteiger partial charge in [0.15, 0.2) is 0 Å². The van der Waals surface area contributed by atoms with Crippen LogP contribution in [0.25, 0.3) is 0 Å². The second kappa shape index (κ2) is 4.76. The molecule has 0 atom stereocenters. The molecule has 0 radical (unpaired) electrons. The van der Waals surface area contributed by atoms with E-state index in [4.69, 9.17) is 5.73 Å². The molecule has 104 valence electrons. The Morgan fingerprint density at radius 1 is 1.26 bits per heavy atom. The number of sulfonamides is 1. The Bertz CT molecular complexity index is 536. The minimum Gasteiger partial charge on any atom is -0.384 e. The highest BCUT2D eigenvalue weighted by molar-refractivity contribution is 7.89. The molecule has 6 heteroatoms. The number of hydrogen-bond acceptors (Lipinski definition) is 4. The number of aromatic nitrogens is 1. The number of nitrogens with two attached hydrogens (primary N) is 1. The van der Waals surface area contributed by atoms with Gasteiger partial charge in [0.05, 0.1) is 0 Å². The lowest BCUT2D eigenvalue weighted by atomic mass is 9.99. The third kappa shape index (κ3) is 3.06. The summed E-state index contributed by atoms with van der Waals surface area (Å²) in [5.41, 5.74) is 5.46. The van der Waals surface area contributed by atoms with Crippen molar-refractivity contribution in [1.29, 1.82) is 0 Å². The van der Waals surface area contributed by atoms with Gasteiger partial charge < -0.3 is 5.73 Å². The quantitative estimate of drug-likeness (QED) is 0.825. The van der Waals surface area contributed by atoms with Crippen molar-refractivity contribution >= 4 is 15.8 Å². The summed E-state index contributed by atoms with van der Waals surface area (Å²) in [4.78, 5) is 4.01. The molecule has 2 aliphatic carbocycles. The van der Waals surface area contributed by atoms with Gasteiger partial charge in [0, 0.05) is 12.7 Å². The van der Waals surface area contributed by atoms with Crippen LogP contribution in [0.5, 0.6) is 0 Å². The molecule has 19 heavy (non-hydrogen) atoms. The Balaban J connectivity index is 1.65. The second-order valence-electron chi connectivity index (χ2n) is 5.61. The third-order valence-electron chi connectivity index (χ3n) is 4.03. The number of anilines is 1. The molecular formula is C13H19N3O2S. The summed E-state index contributed by atoms with van der Waals surface area (Å²) in [6.07, 6.45) is 6.33. The predicted octanol–water partition coefficient (Wildman–Crippen LogP) is 1.38. The lowest BCUT2D eigenvalue weighted by Crippen LogP contribution is -2.31. The van der Waals surface area contributed by atoms with Gasteiger partial charge in [0.25, 0.3) is 0 Å². The van der Waals surface area contributed by atoms with Crippen molar-refractivity contribution in [3.05, 3.63) is 18.3 Å². The Kier molecular flexibility index (Phi) is 3.22. The van der Waals surface area contributed by atoms with Gasteiger partial charge in [-0.1, -0.05) is 0 Å². The molecule has 2 aliphatic rings. The van der Waals surface area contributed by atoms with E-state index in [0.29, 0.717) is 18.3 Å². The standard InChI is InChI=1S/C13H19N3O2S/c14-13-6-5-11(7-15-13)19(17,18)16-8-12(9-1-2-9)10-3-4-10/h5-7,9-10,12,16H,1-4,8H2,(H2,14,15). The van der Waals surface area contributed by atoms with E-state index in [2.05, 4.69) is 9.71 Å². The third-order valence-corrected chi connectivity index (χ3v) is 5.44. The highest BCUT2D eigenvalue weighted by atomic mass is 32.2. The van der Waals surface area contributed by atoms with Crippen molar-refractivity contribution in [1.82, 2.24) is 9.71 Å². The van der Waals surface area contributed by atoms with E-state index in [0.717, 1.165) is 11.8 Å². The maximum Gasteiger partial charge on any atom is 0.242 e. The van der Waals surface area contributed by atoms with Crippen LogP contribution in [-0.4, -0.2) is 19.9 Å². The number of nitrogens with one attached hydrogen (secondary N) is 1. The average molecular weight is 281 g/mol. The smallest absolute Gasteiger partial charge is 0.242 e. The highest BCUT2D eigenvalue weighted by Crippen LogP contribution is 2.48. The lowest BCUT2D eigenvalue weighted by molar-refractivity contribution is 0.401.